The van der Waals surface area contributed by atoms with Crippen LogP contribution in [-0.2, 0) is 0 Å². The Morgan fingerprint density at radius 3 is 2.52 bits per heavy atom. The highest BCUT2D eigenvalue weighted by Gasteiger charge is 2.14. The molecule has 2 aromatic carbocycles. The minimum atomic E-state index is -0.384. The fraction of sp³-hybridized carbons (Fsp3) is 0.176. The Kier molecular flexibility index (Phi) is 5.58. The van der Waals surface area contributed by atoms with Gasteiger partial charge in [0.05, 0.1) is 12.7 Å². The number of ether oxygens (including phenoxy) is 1. The molecule has 4 nitrogen and oxygen atoms in total. The molecule has 0 aromatic heterocycles. The van der Waals surface area contributed by atoms with Crippen LogP contribution in [0.5, 0.6) is 5.75 Å². The summed E-state index contributed by atoms with van der Waals surface area (Å²) < 4.78 is 5.17. The molecular weight excluding hydrogens is 332 g/mol. The smallest absolute Gasteiger partial charge is 0.261 e. The molecular formula is C17H17ClN2O2S. The van der Waals surface area contributed by atoms with Gasteiger partial charge in [-0.15, -0.1) is 0 Å². The number of carbonyl (C=O) groups is 1. The van der Waals surface area contributed by atoms with Crippen molar-refractivity contribution in [2.75, 3.05) is 12.4 Å². The largest absolute Gasteiger partial charge is 0.496 e. The second-order valence-corrected chi connectivity index (χ2v) is 5.90. The summed E-state index contributed by atoms with van der Waals surface area (Å²) in [6.07, 6.45) is 0. The number of hydrogen-bond donors (Lipinski definition) is 2. The van der Waals surface area contributed by atoms with Crippen molar-refractivity contribution in [3.63, 3.8) is 0 Å². The number of carbonyl (C=O) groups excluding carboxylic acids is 1. The van der Waals surface area contributed by atoms with Crippen LogP contribution in [0.1, 0.15) is 21.5 Å². The number of anilines is 1. The first-order valence-corrected chi connectivity index (χ1v) is 7.72. The first-order chi connectivity index (χ1) is 10.9. The topological polar surface area (TPSA) is 50.4 Å². The van der Waals surface area contributed by atoms with Crippen LogP contribution in [0.15, 0.2) is 36.4 Å². The van der Waals surface area contributed by atoms with Gasteiger partial charge in [-0.05, 0) is 67.5 Å². The van der Waals surface area contributed by atoms with Crippen molar-refractivity contribution >= 4 is 40.5 Å². The van der Waals surface area contributed by atoms with Crippen molar-refractivity contribution in [3.8, 4) is 5.75 Å². The molecule has 1 amide bonds. The van der Waals surface area contributed by atoms with Crippen molar-refractivity contribution in [1.29, 1.82) is 0 Å². The molecule has 23 heavy (non-hydrogen) atoms. The molecule has 0 aliphatic heterocycles. The van der Waals surface area contributed by atoms with Gasteiger partial charge >= 0.3 is 0 Å². The quantitative estimate of drug-likeness (QED) is 0.820. The van der Waals surface area contributed by atoms with Crippen molar-refractivity contribution in [3.05, 3.63) is 58.1 Å². The summed E-state index contributed by atoms with van der Waals surface area (Å²) in [6, 6.07) is 10.7. The third-order valence-corrected chi connectivity index (χ3v) is 3.84. The molecule has 2 N–H and O–H groups in total. The molecule has 0 aliphatic carbocycles. The molecule has 2 aromatic rings. The lowest BCUT2D eigenvalue weighted by Gasteiger charge is -2.12. The van der Waals surface area contributed by atoms with E-state index in [-0.39, 0.29) is 11.0 Å². The summed E-state index contributed by atoms with van der Waals surface area (Å²) >= 11 is 11.1. The lowest BCUT2D eigenvalue weighted by atomic mass is 10.1. The lowest BCUT2D eigenvalue weighted by Crippen LogP contribution is -2.34. The van der Waals surface area contributed by atoms with Crippen LogP contribution in [0.4, 0.5) is 5.69 Å². The van der Waals surface area contributed by atoms with Gasteiger partial charge in [0.15, 0.2) is 5.11 Å². The number of aryl methyl sites for hydroxylation is 2. The highest BCUT2D eigenvalue weighted by molar-refractivity contribution is 7.80. The van der Waals surface area contributed by atoms with Crippen molar-refractivity contribution in [2.45, 2.75) is 13.8 Å². The zero-order valence-electron chi connectivity index (χ0n) is 13.1. The standard InChI is InChI=1S/C17H17ClN2O2S/c1-10-4-6-13(8-11(10)2)19-17(23)20-16(21)14-9-12(18)5-7-15(14)22-3/h4-9H,1-3H3,(H2,19,20,21,23). The van der Waals surface area contributed by atoms with Gasteiger partial charge < -0.3 is 10.1 Å². The van der Waals surface area contributed by atoms with E-state index in [1.807, 2.05) is 32.0 Å². The molecule has 0 saturated heterocycles. The molecule has 0 bridgehead atoms. The molecule has 0 saturated carbocycles. The zero-order valence-corrected chi connectivity index (χ0v) is 14.6. The highest BCUT2D eigenvalue weighted by atomic mass is 35.5. The number of nitrogens with one attached hydrogen (secondary N) is 2. The Bertz CT molecular complexity index is 762. The summed E-state index contributed by atoms with van der Waals surface area (Å²) in [5, 5.41) is 6.27. The number of methoxy groups -OCH3 is 1. The maximum Gasteiger partial charge on any atom is 0.261 e. The zero-order chi connectivity index (χ0) is 17.0. The SMILES string of the molecule is COc1ccc(Cl)cc1C(=O)NC(=S)Nc1ccc(C)c(C)c1. The van der Waals surface area contributed by atoms with E-state index in [2.05, 4.69) is 10.6 Å². The van der Waals surface area contributed by atoms with E-state index in [0.717, 1.165) is 11.3 Å². The second-order valence-electron chi connectivity index (χ2n) is 5.05. The van der Waals surface area contributed by atoms with E-state index in [1.54, 1.807) is 12.1 Å². The van der Waals surface area contributed by atoms with Gasteiger partial charge in [-0.1, -0.05) is 17.7 Å². The second kappa shape index (κ2) is 7.44. The van der Waals surface area contributed by atoms with Crippen molar-refractivity contribution < 1.29 is 9.53 Å². The van der Waals surface area contributed by atoms with E-state index >= 15 is 0 Å². The third-order valence-electron chi connectivity index (χ3n) is 3.40. The predicted octanol–water partition coefficient (Wildman–Crippen LogP) is 4.09. The minimum absolute atomic E-state index is 0.209. The first kappa shape index (κ1) is 17.2. The number of benzene rings is 2. The van der Waals surface area contributed by atoms with Gasteiger partial charge in [0, 0.05) is 10.7 Å². The third kappa shape index (κ3) is 4.43. The Labute approximate surface area is 145 Å². The summed E-state index contributed by atoms with van der Waals surface area (Å²) in [6.45, 7) is 4.05. The van der Waals surface area contributed by atoms with Crippen LogP contribution in [0, 0.1) is 13.8 Å². The molecule has 2 rings (SSSR count). The highest BCUT2D eigenvalue weighted by Crippen LogP contribution is 2.22. The normalized spacial score (nSPS) is 10.1. The Balaban J connectivity index is 2.09. The van der Waals surface area contributed by atoms with Gasteiger partial charge in [0.25, 0.3) is 5.91 Å². The van der Waals surface area contributed by atoms with Gasteiger partial charge in [0.2, 0.25) is 0 Å². The van der Waals surface area contributed by atoms with E-state index in [9.17, 15) is 4.79 Å². The van der Waals surface area contributed by atoms with Crippen molar-refractivity contribution in [1.82, 2.24) is 5.32 Å². The molecule has 0 unspecified atom stereocenters. The molecule has 0 spiro atoms. The van der Waals surface area contributed by atoms with E-state index in [1.165, 1.54) is 18.7 Å². The van der Waals surface area contributed by atoms with Crippen LogP contribution in [0.3, 0.4) is 0 Å². The van der Waals surface area contributed by atoms with Crippen LogP contribution in [0.2, 0.25) is 5.02 Å². The van der Waals surface area contributed by atoms with E-state index in [4.69, 9.17) is 28.6 Å². The molecule has 0 aliphatic rings. The Hall–Kier alpha value is -2.11. The number of rotatable bonds is 3. The van der Waals surface area contributed by atoms with E-state index in [0.29, 0.717) is 16.3 Å². The summed E-state index contributed by atoms with van der Waals surface area (Å²) in [7, 11) is 1.49. The molecule has 0 fully saturated rings. The maximum atomic E-state index is 12.3. The lowest BCUT2D eigenvalue weighted by molar-refractivity contribution is 0.0975. The van der Waals surface area contributed by atoms with Gasteiger partial charge in [0.1, 0.15) is 5.75 Å². The van der Waals surface area contributed by atoms with Crippen LogP contribution >= 0.6 is 23.8 Å². The fourth-order valence-corrected chi connectivity index (χ4v) is 2.39. The molecule has 120 valence electrons. The van der Waals surface area contributed by atoms with Crippen LogP contribution in [-0.4, -0.2) is 18.1 Å². The molecule has 0 heterocycles. The number of amides is 1. The van der Waals surface area contributed by atoms with Crippen molar-refractivity contribution in [2.24, 2.45) is 0 Å². The van der Waals surface area contributed by atoms with Gasteiger partial charge in [-0.3, -0.25) is 10.1 Å². The summed E-state index contributed by atoms with van der Waals surface area (Å²) in [5.41, 5.74) is 3.47. The minimum Gasteiger partial charge on any atom is -0.496 e. The average molecular weight is 349 g/mol. The van der Waals surface area contributed by atoms with Crippen LogP contribution in [0.25, 0.3) is 0 Å². The first-order valence-electron chi connectivity index (χ1n) is 6.94. The fourth-order valence-electron chi connectivity index (χ4n) is 2.01. The number of halogens is 1. The van der Waals surface area contributed by atoms with Crippen LogP contribution < -0.4 is 15.4 Å². The van der Waals surface area contributed by atoms with E-state index < -0.39 is 0 Å². The van der Waals surface area contributed by atoms with Gasteiger partial charge in [-0.2, -0.15) is 0 Å². The number of thiocarbonyl (C=S) groups is 1. The molecule has 0 radical (unpaired) electrons. The Morgan fingerprint density at radius 1 is 1.13 bits per heavy atom. The van der Waals surface area contributed by atoms with Gasteiger partial charge in [-0.25, -0.2) is 0 Å². The summed E-state index contributed by atoms with van der Waals surface area (Å²) in [4.78, 5) is 12.3. The Morgan fingerprint density at radius 2 is 1.87 bits per heavy atom. The number of hydrogen-bond acceptors (Lipinski definition) is 3. The molecule has 6 heteroatoms. The summed E-state index contributed by atoms with van der Waals surface area (Å²) in [5.74, 6) is 0.0477. The monoisotopic (exact) mass is 348 g/mol. The maximum absolute atomic E-state index is 12.3. The average Bonchev–Trinajstić information content (AvgIpc) is 2.50. The predicted molar refractivity (Wildman–Crippen MR) is 97.6 cm³/mol. The molecule has 0 atom stereocenters.